The van der Waals surface area contributed by atoms with Crippen molar-refractivity contribution in [1.29, 1.82) is 0 Å². The number of hydrogen-bond donors (Lipinski definition) is 3. The highest BCUT2D eigenvalue weighted by Gasteiger charge is 2.29. The first-order valence-electron chi connectivity index (χ1n) is 10.8. The van der Waals surface area contributed by atoms with Gasteiger partial charge in [0.15, 0.2) is 0 Å². The zero-order valence-electron chi connectivity index (χ0n) is 19.4. The number of anilines is 1. The van der Waals surface area contributed by atoms with E-state index in [0.717, 1.165) is 19.2 Å². The quantitative estimate of drug-likeness (QED) is 0.310. The van der Waals surface area contributed by atoms with Gasteiger partial charge in [-0.25, -0.2) is 13.8 Å². The van der Waals surface area contributed by atoms with Gasteiger partial charge in [0.25, 0.3) is 11.8 Å². The predicted octanol–water partition coefficient (Wildman–Crippen LogP) is 1.55. The number of methoxy groups -OCH3 is 1. The number of carbonyl (C=O) groups excluding carboxylic acids is 2. The van der Waals surface area contributed by atoms with E-state index >= 15 is 0 Å². The molecule has 0 aliphatic carbocycles. The number of piperazine rings is 1. The molecule has 2 amide bonds. The van der Waals surface area contributed by atoms with Crippen LogP contribution in [0.25, 0.3) is 0 Å². The van der Waals surface area contributed by atoms with Crippen molar-refractivity contribution in [2.75, 3.05) is 45.7 Å². The third-order valence-electron chi connectivity index (χ3n) is 5.51. The zero-order chi connectivity index (χ0) is 25.5. The molecule has 1 unspecified atom stereocenters. The van der Waals surface area contributed by atoms with Crippen molar-refractivity contribution in [3.63, 3.8) is 0 Å². The number of aliphatic imine (C=N–C) groups is 1. The highest BCUT2D eigenvalue weighted by molar-refractivity contribution is 6.00. The Morgan fingerprint density at radius 3 is 2.43 bits per heavy atom. The summed E-state index contributed by atoms with van der Waals surface area (Å²) in [7, 11) is 3.10. The van der Waals surface area contributed by atoms with Crippen LogP contribution in [0, 0.1) is 11.6 Å². The first kappa shape index (κ1) is 25.8. The lowest BCUT2D eigenvalue weighted by Gasteiger charge is -2.39. The van der Waals surface area contributed by atoms with E-state index in [-0.39, 0.29) is 24.3 Å². The van der Waals surface area contributed by atoms with E-state index in [9.17, 15) is 23.5 Å². The fraction of sp³-hybridized carbons (Fsp3) is 0.292. The summed E-state index contributed by atoms with van der Waals surface area (Å²) in [4.78, 5) is 32.3. The number of carbonyl (C=O) groups is 2. The molecule has 9 nitrogen and oxygen atoms in total. The van der Waals surface area contributed by atoms with Gasteiger partial charge in [-0.3, -0.25) is 9.59 Å². The molecule has 0 bridgehead atoms. The minimum atomic E-state index is -0.958. The average molecular weight is 488 g/mol. The molecule has 0 saturated carbocycles. The molecule has 1 saturated heterocycles. The van der Waals surface area contributed by atoms with Gasteiger partial charge in [0.1, 0.15) is 22.9 Å². The van der Waals surface area contributed by atoms with E-state index in [1.165, 1.54) is 12.3 Å². The number of ether oxygens (including phenoxy) is 1. The fourth-order valence-electron chi connectivity index (χ4n) is 3.63. The van der Waals surface area contributed by atoms with E-state index < -0.39 is 29.0 Å². The Morgan fingerprint density at radius 1 is 1.20 bits per heavy atom. The maximum atomic E-state index is 14.1. The van der Waals surface area contributed by atoms with Gasteiger partial charge in [-0.1, -0.05) is 6.07 Å². The second-order valence-corrected chi connectivity index (χ2v) is 7.93. The molecule has 0 spiro atoms. The van der Waals surface area contributed by atoms with Crippen molar-refractivity contribution in [3.05, 3.63) is 77.1 Å². The van der Waals surface area contributed by atoms with Gasteiger partial charge in [0.05, 0.1) is 19.8 Å². The standard InChI is InChI=1S/C24H27F2N5O4/c1-30-10-11-31(17(13-30)14-32)24(34)15-6-8-16(9-7-15)28-12-20(22(27)33)29-23(35-2)21-18(25)4-3-5-19(21)26/h3-9,12,17,28,32H,10-11,13-14H2,1-2H3,(H2,27,33)/b20-12+,29-23?. The van der Waals surface area contributed by atoms with Crippen LogP contribution in [0.15, 0.2) is 59.4 Å². The Kier molecular flexibility index (Phi) is 8.50. The molecule has 4 N–H and O–H groups in total. The summed E-state index contributed by atoms with van der Waals surface area (Å²) in [6, 6.07) is 9.41. The number of nitrogens with one attached hydrogen (secondary N) is 1. The lowest BCUT2D eigenvalue weighted by Crippen LogP contribution is -2.55. The summed E-state index contributed by atoms with van der Waals surface area (Å²) in [6.07, 6.45) is 1.17. The SMILES string of the molecule is COC(=N/C(=C/Nc1ccc(C(=O)N2CCN(C)CC2CO)cc1)C(N)=O)c1c(F)cccc1F. The molecule has 1 fully saturated rings. The lowest BCUT2D eigenvalue weighted by atomic mass is 10.1. The molecule has 1 heterocycles. The second kappa shape index (κ2) is 11.5. The molecule has 0 radical (unpaired) electrons. The van der Waals surface area contributed by atoms with Crippen molar-refractivity contribution < 1.29 is 28.2 Å². The maximum Gasteiger partial charge on any atom is 0.268 e. The minimum absolute atomic E-state index is 0.128. The van der Waals surface area contributed by atoms with Crippen LogP contribution in [0.5, 0.6) is 0 Å². The van der Waals surface area contributed by atoms with Gasteiger partial charge in [-0.05, 0) is 43.4 Å². The molecule has 11 heteroatoms. The number of primary amides is 1. The summed E-state index contributed by atoms with van der Waals surface area (Å²) in [5, 5.41) is 12.5. The molecule has 3 rings (SSSR count). The Balaban J connectivity index is 1.78. The van der Waals surface area contributed by atoms with Gasteiger partial charge < -0.3 is 30.7 Å². The molecule has 186 valence electrons. The number of nitrogens with zero attached hydrogens (tertiary/aromatic N) is 3. The minimum Gasteiger partial charge on any atom is -0.480 e. The van der Waals surface area contributed by atoms with Crippen molar-refractivity contribution >= 4 is 23.4 Å². The molecule has 35 heavy (non-hydrogen) atoms. The largest absolute Gasteiger partial charge is 0.480 e. The highest BCUT2D eigenvalue weighted by atomic mass is 19.1. The number of halogens is 2. The van der Waals surface area contributed by atoms with Crippen LogP contribution in [-0.2, 0) is 9.53 Å². The Morgan fingerprint density at radius 2 is 1.86 bits per heavy atom. The van der Waals surface area contributed by atoms with Crippen molar-refractivity contribution in [2.24, 2.45) is 10.7 Å². The second-order valence-electron chi connectivity index (χ2n) is 7.93. The van der Waals surface area contributed by atoms with E-state index in [0.29, 0.717) is 30.9 Å². The molecule has 2 aromatic carbocycles. The van der Waals surface area contributed by atoms with Crippen LogP contribution < -0.4 is 11.1 Å². The summed E-state index contributed by atoms with van der Waals surface area (Å²) >= 11 is 0. The van der Waals surface area contributed by atoms with Crippen LogP contribution in [0.2, 0.25) is 0 Å². The molecule has 1 aliphatic rings. The topological polar surface area (TPSA) is 120 Å². The van der Waals surface area contributed by atoms with Gasteiger partial charge in [0, 0.05) is 37.1 Å². The van der Waals surface area contributed by atoms with Crippen molar-refractivity contribution in [1.82, 2.24) is 9.80 Å². The Hall–Kier alpha value is -3.83. The maximum absolute atomic E-state index is 14.1. The zero-order valence-corrected chi connectivity index (χ0v) is 19.4. The molecule has 1 aliphatic heterocycles. The predicted molar refractivity (Wildman–Crippen MR) is 127 cm³/mol. The summed E-state index contributed by atoms with van der Waals surface area (Å²) in [6.45, 7) is 1.68. The fourth-order valence-corrected chi connectivity index (χ4v) is 3.63. The Bertz CT molecular complexity index is 1120. The molecular formula is C24H27F2N5O4. The number of hydrogen-bond acceptors (Lipinski definition) is 7. The molecule has 0 aromatic heterocycles. The third kappa shape index (κ3) is 6.19. The summed E-state index contributed by atoms with van der Waals surface area (Å²) < 4.78 is 33.2. The Labute approximate surface area is 201 Å². The normalized spacial score (nSPS) is 17.3. The van der Waals surface area contributed by atoms with Gasteiger partial charge in [0.2, 0.25) is 5.90 Å². The van der Waals surface area contributed by atoms with Crippen LogP contribution in [0.4, 0.5) is 14.5 Å². The summed E-state index contributed by atoms with van der Waals surface area (Å²) in [5.41, 5.74) is 5.44. The number of amides is 2. The van der Waals surface area contributed by atoms with E-state index in [1.54, 1.807) is 29.2 Å². The first-order chi connectivity index (χ1) is 16.7. The molecule has 2 aromatic rings. The first-order valence-corrected chi connectivity index (χ1v) is 10.8. The molecular weight excluding hydrogens is 460 g/mol. The molecule has 1 atom stereocenters. The van der Waals surface area contributed by atoms with Gasteiger partial charge in [-0.15, -0.1) is 0 Å². The van der Waals surface area contributed by atoms with E-state index in [1.807, 2.05) is 7.05 Å². The monoisotopic (exact) mass is 487 g/mol. The summed E-state index contributed by atoms with van der Waals surface area (Å²) in [5.74, 6) is -3.43. The van der Waals surface area contributed by atoms with Crippen molar-refractivity contribution in [2.45, 2.75) is 6.04 Å². The van der Waals surface area contributed by atoms with E-state index in [4.69, 9.17) is 10.5 Å². The number of nitrogens with two attached hydrogens (primary N) is 1. The van der Waals surface area contributed by atoms with Crippen LogP contribution in [0.3, 0.4) is 0 Å². The third-order valence-corrected chi connectivity index (χ3v) is 5.51. The van der Waals surface area contributed by atoms with Crippen LogP contribution in [-0.4, -0.2) is 79.1 Å². The number of aliphatic hydroxyl groups excluding tert-OH is 1. The average Bonchev–Trinajstić information content (AvgIpc) is 2.84. The number of rotatable bonds is 7. The van der Waals surface area contributed by atoms with Crippen LogP contribution >= 0.6 is 0 Å². The number of benzene rings is 2. The van der Waals surface area contributed by atoms with Gasteiger partial charge >= 0.3 is 0 Å². The van der Waals surface area contributed by atoms with Crippen molar-refractivity contribution in [3.8, 4) is 0 Å². The smallest absolute Gasteiger partial charge is 0.268 e. The van der Waals surface area contributed by atoms with Crippen LogP contribution in [0.1, 0.15) is 15.9 Å². The van der Waals surface area contributed by atoms with Gasteiger partial charge in [-0.2, -0.15) is 0 Å². The number of likely N-dealkylation sites (N-methyl/N-ethyl adjacent to an activating group) is 1. The lowest BCUT2D eigenvalue weighted by molar-refractivity contribution is -0.114. The highest BCUT2D eigenvalue weighted by Crippen LogP contribution is 2.18. The van der Waals surface area contributed by atoms with E-state index in [2.05, 4.69) is 15.2 Å². The number of aliphatic hydroxyl groups is 1.